The minimum absolute atomic E-state index is 0.312. The summed E-state index contributed by atoms with van der Waals surface area (Å²) in [7, 11) is 0. The van der Waals surface area contributed by atoms with Gasteiger partial charge in [0.25, 0.3) is 0 Å². The summed E-state index contributed by atoms with van der Waals surface area (Å²) in [6, 6.07) is 21.6. The van der Waals surface area contributed by atoms with Gasteiger partial charge in [-0.2, -0.15) is 0 Å². The minimum atomic E-state index is -0.312. The monoisotopic (exact) mass is 504 g/mol. The van der Waals surface area contributed by atoms with Crippen LogP contribution in [-0.2, 0) is 13.2 Å². The van der Waals surface area contributed by atoms with Crippen LogP contribution in [0.1, 0.15) is 22.7 Å². The van der Waals surface area contributed by atoms with Gasteiger partial charge < -0.3 is 20.9 Å². The number of nitrogens with two attached hydrogens (primary N) is 2. The van der Waals surface area contributed by atoms with Gasteiger partial charge in [0.15, 0.2) is 11.5 Å². The van der Waals surface area contributed by atoms with Crippen LogP contribution in [0.3, 0.4) is 0 Å². The van der Waals surface area contributed by atoms with Crippen molar-refractivity contribution in [1.29, 1.82) is 0 Å². The largest absolute Gasteiger partial charge is 0.485 e. The third-order valence-corrected chi connectivity index (χ3v) is 6.42. The van der Waals surface area contributed by atoms with Crippen molar-refractivity contribution in [1.82, 2.24) is 0 Å². The van der Waals surface area contributed by atoms with Gasteiger partial charge in [0.2, 0.25) is 0 Å². The van der Waals surface area contributed by atoms with Crippen molar-refractivity contribution < 1.29 is 9.47 Å². The van der Waals surface area contributed by atoms with Gasteiger partial charge in [-0.15, -0.1) is 0 Å². The molecule has 146 valence electrons. The van der Waals surface area contributed by atoms with E-state index >= 15 is 0 Å². The molecule has 3 rings (SSSR count). The summed E-state index contributed by atoms with van der Waals surface area (Å²) in [5.74, 6) is 1.24. The zero-order chi connectivity index (χ0) is 19.9. The van der Waals surface area contributed by atoms with E-state index in [1.54, 1.807) is 0 Å². The van der Waals surface area contributed by atoms with E-state index < -0.39 is 0 Å². The van der Waals surface area contributed by atoms with E-state index in [1.165, 1.54) is 0 Å². The van der Waals surface area contributed by atoms with Gasteiger partial charge in [-0.25, -0.2) is 0 Å². The molecule has 0 amide bonds. The fraction of sp³-hybridized carbons (Fsp3) is 0.182. The molecule has 0 aliphatic carbocycles. The van der Waals surface area contributed by atoms with Crippen LogP contribution in [0.4, 0.5) is 0 Å². The Bertz CT molecular complexity index is 905. The Kier molecular flexibility index (Phi) is 7.50. The predicted molar refractivity (Wildman–Crippen MR) is 119 cm³/mol. The second-order valence-electron chi connectivity index (χ2n) is 6.31. The first-order chi connectivity index (χ1) is 13.6. The number of ether oxygens (including phenoxy) is 2. The van der Waals surface area contributed by atoms with Crippen molar-refractivity contribution >= 4 is 31.9 Å². The minimum Gasteiger partial charge on any atom is -0.485 e. The van der Waals surface area contributed by atoms with Gasteiger partial charge >= 0.3 is 0 Å². The molecule has 3 aromatic rings. The maximum absolute atomic E-state index is 6.18. The van der Waals surface area contributed by atoms with Crippen LogP contribution in [0.25, 0.3) is 0 Å². The number of hydrogen-bond acceptors (Lipinski definition) is 4. The van der Waals surface area contributed by atoms with Crippen LogP contribution in [0.2, 0.25) is 0 Å². The smallest absolute Gasteiger partial charge is 0.177 e. The number of rotatable bonds is 8. The van der Waals surface area contributed by atoms with Crippen LogP contribution in [0.15, 0.2) is 75.7 Å². The molecule has 0 heterocycles. The van der Waals surface area contributed by atoms with E-state index in [9.17, 15) is 0 Å². The molecule has 0 aromatic heterocycles. The lowest BCUT2D eigenvalue weighted by Gasteiger charge is -2.20. The highest BCUT2D eigenvalue weighted by Crippen LogP contribution is 2.44. The summed E-state index contributed by atoms with van der Waals surface area (Å²) in [6.45, 7) is 1.18. The predicted octanol–water partition coefficient (Wildman–Crippen LogP) is 5.33. The molecule has 6 heteroatoms. The van der Waals surface area contributed by atoms with E-state index in [0.29, 0.717) is 31.3 Å². The van der Waals surface area contributed by atoms with E-state index in [-0.39, 0.29) is 6.04 Å². The Morgan fingerprint density at radius 3 is 1.86 bits per heavy atom. The molecular weight excluding hydrogens is 484 g/mol. The van der Waals surface area contributed by atoms with Crippen LogP contribution >= 0.6 is 31.9 Å². The molecule has 0 saturated heterocycles. The lowest BCUT2D eigenvalue weighted by molar-refractivity contribution is 0.254. The van der Waals surface area contributed by atoms with Crippen molar-refractivity contribution in [2.24, 2.45) is 11.5 Å². The highest BCUT2D eigenvalue weighted by molar-refractivity contribution is 9.13. The maximum Gasteiger partial charge on any atom is 0.177 e. The fourth-order valence-corrected chi connectivity index (χ4v) is 3.84. The fourth-order valence-electron chi connectivity index (χ4n) is 2.71. The molecule has 3 aromatic carbocycles. The summed E-state index contributed by atoms with van der Waals surface area (Å²) in [6.07, 6.45) is 0. The molecule has 0 fully saturated rings. The normalized spacial score (nSPS) is 11.9. The van der Waals surface area contributed by atoms with E-state index in [4.69, 9.17) is 20.9 Å². The first-order valence-electron chi connectivity index (χ1n) is 8.91. The molecule has 1 atom stereocenters. The molecule has 0 aliphatic rings. The first kappa shape index (κ1) is 20.9. The summed E-state index contributed by atoms with van der Waals surface area (Å²) in [5.41, 5.74) is 15.0. The highest BCUT2D eigenvalue weighted by atomic mass is 79.9. The molecule has 0 saturated carbocycles. The lowest BCUT2D eigenvalue weighted by atomic mass is 10.1. The van der Waals surface area contributed by atoms with Crippen molar-refractivity contribution in [3.05, 3.63) is 92.4 Å². The summed E-state index contributed by atoms with van der Waals surface area (Å²) in [5, 5.41) is 0. The molecule has 1 unspecified atom stereocenters. The van der Waals surface area contributed by atoms with Crippen LogP contribution in [0, 0.1) is 0 Å². The molecule has 0 spiro atoms. The van der Waals surface area contributed by atoms with Crippen LogP contribution in [-0.4, -0.2) is 6.54 Å². The van der Waals surface area contributed by atoms with E-state index in [0.717, 1.165) is 25.6 Å². The first-order valence-corrected chi connectivity index (χ1v) is 10.5. The van der Waals surface area contributed by atoms with Gasteiger partial charge in [0, 0.05) is 17.1 Å². The van der Waals surface area contributed by atoms with Gasteiger partial charge in [-0.1, -0.05) is 60.7 Å². The summed E-state index contributed by atoms with van der Waals surface area (Å²) in [4.78, 5) is 0. The summed E-state index contributed by atoms with van der Waals surface area (Å²) < 4.78 is 13.8. The zero-order valence-electron chi connectivity index (χ0n) is 15.3. The Labute approximate surface area is 182 Å². The van der Waals surface area contributed by atoms with Gasteiger partial charge in [0.05, 0.1) is 4.47 Å². The Morgan fingerprint density at radius 1 is 0.786 bits per heavy atom. The van der Waals surface area contributed by atoms with Gasteiger partial charge in [-0.3, -0.25) is 0 Å². The number of halogens is 2. The Hall–Kier alpha value is -1.86. The van der Waals surface area contributed by atoms with Crippen LogP contribution < -0.4 is 20.9 Å². The third-order valence-electron chi connectivity index (χ3n) is 4.27. The maximum atomic E-state index is 6.18. The van der Waals surface area contributed by atoms with Crippen LogP contribution in [0.5, 0.6) is 11.5 Å². The highest BCUT2D eigenvalue weighted by Gasteiger charge is 2.20. The summed E-state index contributed by atoms with van der Waals surface area (Å²) >= 11 is 7.24. The molecule has 4 nitrogen and oxygen atoms in total. The second-order valence-corrected chi connectivity index (χ2v) is 7.90. The van der Waals surface area contributed by atoms with Gasteiger partial charge in [0.1, 0.15) is 13.2 Å². The second kappa shape index (κ2) is 10.1. The molecule has 0 aliphatic heterocycles. The van der Waals surface area contributed by atoms with Gasteiger partial charge in [-0.05, 0) is 54.6 Å². The number of benzene rings is 3. The Balaban J connectivity index is 1.91. The van der Waals surface area contributed by atoms with Crippen molar-refractivity contribution in [2.45, 2.75) is 19.3 Å². The Morgan fingerprint density at radius 2 is 1.32 bits per heavy atom. The third kappa shape index (κ3) is 5.14. The number of hydrogen-bond donors (Lipinski definition) is 2. The van der Waals surface area contributed by atoms with Crippen molar-refractivity contribution in [3.8, 4) is 11.5 Å². The molecular formula is C22H22Br2N2O2. The molecule has 4 N–H and O–H groups in total. The SMILES string of the molecule is NCC(N)c1cc(OCc2ccccc2)c(OCc2ccccc2)c(Br)c1Br. The molecule has 0 radical (unpaired) electrons. The average Bonchev–Trinajstić information content (AvgIpc) is 2.74. The molecule has 0 bridgehead atoms. The zero-order valence-corrected chi connectivity index (χ0v) is 18.4. The van der Waals surface area contributed by atoms with Crippen molar-refractivity contribution in [2.75, 3.05) is 6.54 Å². The quantitative estimate of drug-likeness (QED) is 0.434. The van der Waals surface area contributed by atoms with E-state index in [2.05, 4.69) is 31.9 Å². The topological polar surface area (TPSA) is 70.5 Å². The lowest BCUT2D eigenvalue weighted by Crippen LogP contribution is -2.21. The standard InChI is InChI=1S/C22H22Br2N2O2/c23-20-17(18(26)12-25)11-19(27-13-15-7-3-1-4-8-15)22(21(20)24)28-14-16-9-5-2-6-10-16/h1-11,18H,12-14,25-26H2. The van der Waals surface area contributed by atoms with E-state index in [1.807, 2.05) is 66.7 Å². The molecule has 28 heavy (non-hydrogen) atoms. The average molecular weight is 506 g/mol. The van der Waals surface area contributed by atoms with Crippen molar-refractivity contribution in [3.63, 3.8) is 0 Å².